The molecule has 0 atom stereocenters. The van der Waals surface area contributed by atoms with Crippen LogP contribution in [-0.2, 0) is 6.54 Å². The van der Waals surface area contributed by atoms with Crippen molar-refractivity contribution in [3.63, 3.8) is 0 Å². The largest absolute Gasteiger partial charge is 0.399 e. The Kier molecular flexibility index (Phi) is 4.75. The molecule has 1 amide bonds. The third kappa shape index (κ3) is 3.68. The van der Waals surface area contributed by atoms with E-state index in [-0.39, 0.29) is 0 Å². The Balaban J connectivity index is 2.36. The molecule has 6 heteroatoms. The molecule has 0 radical (unpaired) electrons. The molecule has 2 aromatic rings. The van der Waals surface area contributed by atoms with Gasteiger partial charge >= 0.3 is 0 Å². The number of hydrogen-bond acceptors (Lipinski definition) is 3. The van der Waals surface area contributed by atoms with Crippen molar-refractivity contribution in [3.8, 4) is 0 Å². The second kappa shape index (κ2) is 6.37. The number of anilines is 2. The molecule has 0 bridgehead atoms. The summed E-state index contributed by atoms with van der Waals surface area (Å²) in [4.78, 5) is 13.5. The Morgan fingerprint density at radius 3 is 2.48 bits per heavy atom. The lowest BCUT2D eigenvalue weighted by molar-refractivity contribution is 0.100. The van der Waals surface area contributed by atoms with Gasteiger partial charge in [0.25, 0.3) is 5.91 Å². The second-order valence-corrected chi connectivity index (χ2v) is 6.07. The van der Waals surface area contributed by atoms with Gasteiger partial charge < -0.3 is 16.4 Å². The van der Waals surface area contributed by atoms with Gasteiger partial charge in [-0.3, -0.25) is 4.79 Å². The Labute approximate surface area is 136 Å². The first-order valence-corrected chi connectivity index (χ1v) is 7.40. The highest BCUT2D eigenvalue weighted by molar-refractivity contribution is 9.10. The molecule has 0 fully saturated rings. The van der Waals surface area contributed by atoms with E-state index in [0.717, 1.165) is 10.0 Å². The van der Waals surface area contributed by atoms with Gasteiger partial charge in [-0.2, -0.15) is 0 Å². The molecule has 0 aliphatic carbocycles. The molecule has 21 heavy (non-hydrogen) atoms. The van der Waals surface area contributed by atoms with Crippen LogP contribution < -0.4 is 16.4 Å². The summed E-state index contributed by atoms with van der Waals surface area (Å²) in [6.07, 6.45) is 0. The molecule has 2 rings (SSSR count). The van der Waals surface area contributed by atoms with Crippen LogP contribution in [0.15, 0.2) is 40.9 Å². The Morgan fingerprint density at radius 2 is 1.90 bits per heavy atom. The lowest BCUT2D eigenvalue weighted by atomic mass is 10.1. The predicted octanol–water partition coefficient (Wildman–Crippen LogP) is 3.42. The van der Waals surface area contributed by atoms with E-state index in [9.17, 15) is 4.79 Å². The van der Waals surface area contributed by atoms with Gasteiger partial charge in [0.15, 0.2) is 0 Å². The standard InChI is InChI=1S/C15H15BrClN3O/c1-20(8-9-2-4-10(16)5-3-9)14-12(15(19)21)6-11(18)7-13(14)17/h2-7H,8,18H2,1H3,(H2,19,21). The van der Waals surface area contributed by atoms with Gasteiger partial charge in [-0.25, -0.2) is 0 Å². The topological polar surface area (TPSA) is 72.3 Å². The normalized spacial score (nSPS) is 10.4. The zero-order chi connectivity index (χ0) is 15.6. The van der Waals surface area contributed by atoms with Crippen LogP contribution in [-0.4, -0.2) is 13.0 Å². The third-order valence-electron chi connectivity index (χ3n) is 3.07. The van der Waals surface area contributed by atoms with Crippen molar-refractivity contribution in [2.45, 2.75) is 6.54 Å². The van der Waals surface area contributed by atoms with Crippen LogP contribution in [0.5, 0.6) is 0 Å². The molecule has 0 aromatic heterocycles. The average Bonchev–Trinajstić information content (AvgIpc) is 2.40. The fraction of sp³-hybridized carbons (Fsp3) is 0.133. The SMILES string of the molecule is CN(Cc1ccc(Br)cc1)c1c(Cl)cc(N)cc1C(N)=O. The van der Waals surface area contributed by atoms with Gasteiger partial charge in [-0.15, -0.1) is 0 Å². The zero-order valence-corrected chi connectivity index (χ0v) is 13.8. The molecule has 2 aromatic carbocycles. The van der Waals surface area contributed by atoms with E-state index in [0.29, 0.717) is 28.5 Å². The summed E-state index contributed by atoms with van der Waals surface area (Å²) >= 11 is 9.63. The summed E-state index contributed by atoms with van der Waals surface area (Å²) in [7, 11) is 1.85. The molecule has 0 saturated carbocycles. The first-order valence-electron chi connectivity index (χ1n) is 6.23. The van der Waals surface area contributed by atoms with Crippen LogP contribution in [0.3, 0.4) is 0 Å². The lowest BCUT2D eigenvalue weighted by Gasteiger charge is -2.23. The number of hydrogen-bond donors (Lipinski definition) is 2. The zero-order valence-electron chi connectivity index (χ0n) is 11.4. The van der Waals surface area contributed by atoms with Gasteiger partial charge in [0.2, 0.25) is 0 Å². The lowest BCUT2D eigenvalue weighted by Crippen LogP contribution is -2.22. The number of halogens is 2. The molecule has 0 unspecified atom stereocenters. The molecule has 0 heterocycles. The van der Waals surface area contributed by atoms with E-state index in [1.54, 1.807) is 12.1 Å². The maximum atomic E-state index is 11.6. The Hall–Kier alpha value is -1.72. The van der Waals surface area contributed by atoms with Gasteiger partial charge in [-0.1, -0.05) is 39.7 Å². The fourth-order valence-corrected chi connectivity index (χ4v) is 2.77. The van der Waals surface area contributed by atoms with Gasteiger partial charge in [0, 0.05) is 23.8 Å². The number of amides is 1. The van der Waals surface area contributed by atoms with Crippen LogP contribution in [0.2, 0.25) is 5.02 Å². The summed E-state index contributed by atoms with van der Waals surface area (Å²) in [6.45, 7) is 0.594. The van der Waals surface area contributed by atoms with Crippen molar-refractivity contribution >= 4 is 44.8 Å². The smallest absolute Gasteiger partial charge is 0.250 e. The van der Waals surface area contributed by atoms with Crippen molar-refractivity contribution in [1.82, 2.24) is 0 Å². The predicted molar refractivity (Wildman–Crippen MR) is 90.6 cm³/mol. The highest BCUT2D eigenvalue weighted by Crippen LogP contribution is 2.32. The fourth-order valence-electron chi connectivity index (χ4n) is 2.14. The number of primary amides is 1. The van der Waals surface area contributed by atoms with Crippen LogP contribution >= 0.6 is 27.5 Å². The van der Waals surface area contributed by atoms with Gasteiger partial charge in [-0.05, 0) is 29.8 Å². The maximum Gasteiger partial charge on any atom is 0.250 e. The first kappa shape index (κ1) is 15.7. The van der Waals surface area contributed by atoms with E-state index in [4.69, 9.17) is 23.1 Å². The number of carbonyl (C=O) groups is 1. The minimum atomic E-state index is -0.554. The van der Waals surface area contributed by atoms with Crippen molar-refractivity contribution < 1.29 is 4.79 Å². The number of nitrogens with two attached hydrogens (primary N) is 2. The maximum absolute atomic E-state index is 11.6. The summed E-state index contributed by atoms with van der Waals surface area (Å²) < 4.78 is 1.01. The van der Waals surface area contributed by atoms with E-state index < -0.39 is 5.91 Å². The molecule has 0 aliphatic heterocycles. The molecular weight excluding hydrogens is 354 g/mol. The Morgan fingerprint density at radius 1 is 1.29 bits per heavy atom. The van der Waals surface area contributed by atoms with Crippen LogP contribution in [0.25, 0.3) is 0 Å². The highest BCUT2D eigenvalue weighted by atomic mass is 79.9. The molecule has 0 saturated heterocycles. The number of nitrogens with zero attached hydrogens (tertiary/aromatic N) is 1. The summed E-state index contributed by atoms with van der Waals surface area (Å²) in [5, 5.41) is 0.406. The van der Waals surface area contributed by atoms with E-state index in [1.807, 2.05) is 36.2 Å². The number of carbonyl (C=O) groups excluding carboxylic acids is 1. The molecule has 0 aliphatic rings. The average molecular weight is 369 g/mol. The quantitative estimate of drug-likeness (QED) is 0.812. The molecular formula is C15H15BrClN3O. The number of benzene rings is 2. The van der Waals surface area contributed by atoms with Crippen molar-refractivity contribution in [1.29, 1.82) is 0 Å². The minimum Gasteiger partial charge on any atom is -0.399 e. The highest BCUT2D eigenvalue weighted by Gasteiger charge is 2.17. The summed E-state index contributed by atoms with van der Waals surface area (Å²) in [5.41, 5.74) is 13.5. The second-order valence-electron chi connectivity index (χ2n) is 4.75. The van der Waals surface area contributed by atoms with Crippen molar-refractivity contribution in [3.05, 3.63) is 57.0 Å². The van der Waals surface area contributed by atoms with Crippen LogP contribution in [0.1, 0.15) is 15.9 Å². The Bertz CT molecular complexity index is 673. The third-order valence-corrected chi connectivity index (χ3v) is 3.88. The van der Waals surface area contributed by atoms with Gasteiger partial charge in [0.1, 0.15) is 0 Å². The number of rotatable bonds is 4. The van der Waals surface area contributed by atoms with Crippen LogP contribution in [0, 0.1) is 0 Å². The summed E-state index contributed by atoms with van der Waals surface area (Å²) in [5.74, 6) is -0.554. The number of nitrogen functional groups attached to an aromatic ring is 1. The van der Waals surface area contributed by atoms with E-state index >= 15 is 0 Å². The summed E-state index contributed by atoms with van der Waals surface area (Å²) in [6, 6.07) is 11.1. The van der Waals surface area contributed by atoms with Crippen molar-refractivity contribution in [2.75, 3.05) is 17.7 Å². The minimum absolute atomic E-state index is 0.319. The monoisotopic (exact) mass is 367 g/mol. The molecule has 4 nitrogen and oxygen atoms in total. The first-order chi connectivity index (χ1) is 9.88. The van der Waals surface area contributed by atoms with Crippen LogP contribution in [0.4, 0.5) is 11.4 Å². The molecule has 4 N–H and O–H groups in total. The van der Waals surface area contributed by atoms with E-state index in [1.165, 1.54) is 0 Å². The molecule has 0 spiro atoms. The van der Waals surface area contributed by atoms with E-state index in [2.05, 4.69) is 15.9 Å². The van der Waals surface area contributed by atoms with Gasteiger partial charge in [0.05, 0.1) is 16.3 Å². The van der Waals surface area contributed by atoms with Crippen molar-refractivity contribution in [2.24, 2.45) is 5.73 Å². The molecule has 110 valence electrons.